The van der Waals surface area contributed by atoms with Gasteiger partial charge in [0, 0.05) is 5.56 Å². The number of rotatable bonds is 2. The zero-order valence-electron chi connectivity index (χ0n) is 10.5. The summed E-state index contributed by atoms with van der Waals surface area (Å²) in [7, 11) is 0. The first-order valence-corrected chi connectivity index (χ1v) is 5.77. The first-order valence-electron chi connectivity index (χ1n) is 5.77. The highest BCUT2D eigenvalue weighted by Gasteiger charge is 2.34. The maximum Gasteiger partial charge on any atom is 0.419 e. The molecule has 0 bridgehead atoms. The fourth-order valence-electron chi connectivity index (χ4n) is 1.82. The molecule has 2 aromatic carbocycles. The number of carbonyl (C=O) groups is 1. The third-order valence-corrected chi connectivity index (χ3v) is 2.90. The van der Waals surface area contributed by atoms with Crippen LogP contribution in [0.15, 0.2) is 42.5 Å². The molecule has 0 aliphatic carbocycles. The van der Waals surface area contributed by atoms with Crippen LogP contribution < -0.4 is 0 Å². The van der Waals surface area contributed by atoms with Crippen LogP contribution in [-0.4, -0.2) is 5.78 Å². The van der Waals surface area contributed by atoms with Gasteiger partial charge in [0.15, 0.2) is 5.78 Å². The first kappa shape index (κ1) is 14.2. The van der Waals surface area contributed by atoms with E-state index in [2.05, 4.69) is 0 Å². The number of hydrogen-bond donors (Lipinski definition) is 0. The lowest BCUT2D eigenvalue weighted by atomic mass is 10.0. The van der Waals surface area contributed by atoms with Crippen LogP contribution in [0.25, 0.3) is 11.1 Å². The molecule has 0 atom stereocenters. The maximum absolute atomic E-state index is 13.2. The Kier molecular flexibility index (Phi) is 3.61. The molecule has 5 heteroatoms. The molecule has 2 aromatic rings. The molecule has 0 aliphatic heterocycles. The summed E-state index contributed by atoms with van der Waals surface area (Å²) in [5.74, 6) is -1.44. The molecule has 0 fully saturated rings. The summed E-state index contributed by atoms with van der Waals surface area (Å²) in [5.41, 5.74) is -0.105. The number of Topliss-reactive ketones (excluding diaryl/α,β-unsaturated/α-hetero) is 1. The minimum atomic E-state index is -4.74. The van der Waals surface area contributed by atoms with Crippen LogP contribution >= 0.6 is 0 Å². The molecule has 0 radical (unpaired) electrons. The van der Waals surface area contributed by atoms with Crippen molar-refractivity contribution in [3.8, 4) is 11.1 Å². The minimum absolute atomic E-state index is 0.133. The normalized spacial score (nSPS) is 11.4. The van der Waals surface area contributed by atoms with Gasteiger partial charge < -0.3 is 0 Å². The van der Waals surface area contributed by atoms with E-state index in [0.717, 1.165) is 12.1 Å². The van der Waals surface area contributed by atoms with Gasteiger partial charge in [0.25, 0.3) is 0 Å². The quantitative estimate of drug-likeness (QED) is 0.575. The van der Waals surface area contributed by atoms with Crippen molar-refractivity contribution >= 4 is 5.78 Å². The SMILES string of the molecule is CC(=O)c1ccc(-c2ccc(F)c(C(F)(F)F)c2)cc1. The Morgan fingerprint density at radius 3 is 2.00 bits per heavy atom. The molecule has 104 valence electrons. The van der Waals surface area contributed by atoms with Gasteiger partial charge in [-0.25, -0.2) is 4.39 Å². The number of ketones is 1. The van der Waals surface area contributed by atoms with E-state index >= 15 is 0 Å². The van der Waals surface area contributed by atoms with Crippen molar-refractivity contribution in [3.05, 3.63) is 59.4 Å². The highest BCUT2D eigenvalue weighted by atomic mass is 19.4. The molecule has 0 aliphatic rings. The first-order chi connectivity index (χ1) is 9.29. The Bertz CT molecular complexity index is 642. The fourth-order valence-corrected chi connectivity index (χ4v) is 1.82. The molecule has 2 rings (SSSR count). The summed E-state index contributed by atoms with van der Waals surface area (Å²) >= 11 is 0. The largest absolute Gasteiger partial charge is 0.419 e. The van der Waals surface area contributed by atoms with E-state index in [1.165, 1.54) is 37.3 Å². The molecule has 0 saturated carbocycles. The summed E-state index contributed by atoms with van der Waals surface area (Å²) < 4.78 is 51.1. The van der Waals surface area contributed by atoms with Crippen molar-refractivity contribution in [2.24, 2.45) is 0 Å². The predicted octanol–water partition coefficient (Wildman–Crippen LogP) is 4.71. The van der Waals surface area contributed by atoms with Crippen LogP contribution in [0.4, 0.5) is 17.6 Å². The van der Waals surface area contributed by atoms with Gasteiger partial charge in [0.1, 0.15) is 5.82 Å². The number of carbonyl (C=O) groups excluding carboxylic acids is 1. The smallest absolute Gasteiger partial charge is 0.295 e. The lowest BCUT2D eigenvalue weighted by molar-refractivity contribution is -0.139. The second kappa shape index (κ2) is 5.07. The lowest BCUT2D eigenvalue weighted by Crippen LogP contribution is -2.08. The summed E-state index contributed by atoms with van der Waals surface area (Å²) in [4.78, 5) is 11.1. The fraction of sp³-hybridized carbons (Fsp3) is 0.133. The van der Waals surface area contributed by atoms with Crippen molar-refractivity contribution in [2.45, 2.75) is 13.1 Å². The Morgan fingerprint density at radius 2 is 1.50 bits per heavy atom. The van der Waals surface area contributed by atoms with Crippen molar-refractivity contribution in [1.82, 2.24) is 0 Å². The molecule has 0 aromatic heterocycles. The van der Waals surface area contributed by atoms with Crippen molar-refractivity contribution in [1.29, 1.82) is 0 Å². The van der Waals surface area contributed by atoms with Crippen LogP contribution in [0.1, 0.15) is 22.8 Å². The van der Waals surface area contributed by atoms with E-state index in [9.17, 15) is 22.4 Å². The van der Waals surface area contributed by atoms with Gasteiger partial charge in [-0.05, 0) is 30.2 Å². The summed E-state index contributed by atoms with van der Waals surface area (Å²) in [6.07, 6.45) is -4.74. The molecule has 1 nitrogen and oxygen atoms in total. The van der Waals surface area contributed by atoms with Crippen molar-refractivity contribution in [3.63, 3.8) is 0 Å². The summed E-state index contributed by atoms with van der Waals surface area (Å²) in [6.45, 7) is 1.40. The van der Waals surface area contributed by atoms with Crippen LogP contribution in [0.5, 0.6) is 0 Å². The summed E-state index contributed by atoms with van der Waals surface area (Å²) in [5, 5.41) is 0. The van der Waals surface area contributed by atoms with Crippen molar-refractivity contribution < 1.29 is 22.4 Å². The van der Waals surface area contributed by atoms with E-state index in [-0.39, 0.29) is 11.3 Å². The molecule has 0 heterocycles. The molecular formula is C15H10F4O. The highest BCUT2D eigenvalue weighted by Crippen LogP contribution is 2.34. The third-order valence-electron chi connectivity index (χ3n) is 2.90. The Morgan fingerprint density at radius 1 is 0.950 bits per heavy atom. The van der Waals surface area contributed by atoms with Gasteiger partial charge in [-0.1, -0.05) is 30.3 Å². The Balaban J connectivity index is 2.45. The van der Waals surface area contributed by atoms with E-state index < -0.39 is 17.6 Å². The topological polar surface area (TPSA) is 17.1 Å². The zero-order chi connectivity index (χ0) is 14.9. The third kappa shape index (κ3) is 2.87. The molecule has 0 N–H and O–H groups in total. The van der Waals surface area contributed by atoms with Gasteiger partial charge in [-0.15, -0.1) is 0 Å². The van der Waals surface area contributed by atoms with Gasteiger partial charge in [-0.2, -0.15) is 13.2 Å². The Hall–Kier alpha value is -2.17. The average Bonchev–Trinajstić information content (AvgIpc) is 2.38. The molecule has 0 spiro atoms. The second-order valence-corrected chi connectivity index (χ2v) is 4.33. The number of alkyl halides is 3. The second-order valence-electron chi connectivity index (χ2n) is 4.33. The maximum atomic E-state index is 13.2. The number of benzene rings is 2. The van der Waals surface area contributed by atoms with E-state index in [1.807, 2.05) is 0 Å². The zero-order valence-corrected chi connectivity index (χ0v) is 10.5. The van der Waals surface area contributed by atoms with E-state index in [4.69, 9.17) is 0 Å². The number of hydrogen-bond acceptors (Lipinski definition) is 1. The molecule has 0 saturated heterocycles. The van der Waals surface area contributed by atoms with Gasteiger partial charge in [0.2, 0.25) is 0 Å². The Labute approximate surface area is 112 Å². The van der Waals surface area contributed by atoms with Crippen LogP contribution in [0.3, 0.4) is 0 Å². The van der Waals surface area contributed by atoms with E-state index in [1.54, 1.807) is 0 Å². The van der Waals surface area contributed by atoms with Gasteiger partial charge >= 0.3 is 6.18 Å². The van der Waals surface area contributed by atoms with Crippen LogP contribution in [0, 0.1) is 5.82 Å². The summed E-state index contributed by atoms with van der Waals surface area (Å²) in [6, 6.07) is 8.93. The standard InChI is InChI=1S/C15H10F4O/c1-9(20)10-2-4-11(5-3-10)12-6-7-14(16)13(8-12)15(17,18)19/h2-8H,1H3. The molecule has 0 amide bonds. The van der Waals surface area contributed by atoms with Gasteiger partial charge in [-0.3, -0.25) is 4.79 Å². The number of halogens is 4. The lowest BCUT2D eigenvalue weighted by Gasteiger charge is -2.10. The monoisotopic (exact) mass is 282 g/mol. The van der Waals surface area contributed by atoms with E-state index in [0.29, 0.717) is 11.1 Å². The highest BCUT2D eigenvalue weighted by molar-refractivity contribution is 5.94. The van der Waals surface area contributed by atoms with Crippen LogP contribution in [0.2, 0.25) is 0 Å². The molecule has 20 heavy (non-hydrogen) atoms. The van der Waals surface area contributed by atoms with Crippen molar-refractivity contribution in [2.75, 3.05) is 0 Å². The minimum Gasteiger partial charge on any atom is -0.295 e. The van der Waals surface area contributed by atoms with Gasteiger partial charge in [0.05, 0.1) is 5.56 Å². The van der Waals surface area contributed by atoms with Crippen LogP contribution in [-0.2, 0) is 6.18 Å². The molecule has 0 unspecified atom stereocenters. The predicted molar refractivity (Wildman–Crippen MR) is 66.8 cm³/mol. The molecular weight excluding hydrogens is 272 g/mol. The average molecular weight is 282 g/mol.